The molecule has 3 nitrogen and oxygen atoms in total. The predicted octanol–water partition coefficient (Wildman–Crippen LogP) is 0.810. The van der Waals surface area contributed by atoms with E-state index in [0.29, 0.717) is 11.2 Å². The van der Waals surface area contributed by atoms with Crippen LogP contribution in [-0.4, -0.2) is 18.3 Å². The van der Waals surface area contributed by atoms with Crippen LogP contribution in [0, 0.1) is 0 Å². The Morgan fingerprint density at radius 2 is 2.30 bits per heavy atom. The van der Waals surface area contributed by atoms with Gasteiger partial charge in [0.25, 0.3) is 0 Å². The summed E-state index contributed by atoms with van der Waals surface area (Å²) in [6.45, 7) is 4.15. The Balaban J connectivity index is 3.37. The topological polar surface area (TPSA) is 33.3 Å². The van der Waals surface area contributed by atoms with Crippen LogP contribution in [0.5, 0.6) is 0 Å². The molecule has 1 unspecified atom stereocenters. The van der Waals surface area contributed by atoms with Crippen molar-refractivity contribution in [2.45, 2.75) is 26.3 Å². The summed E-state index contributed by atoms with van der Waals surface area (Å²) < 4.78 is 0. The molecule has 0 aromatic carbocycles. The highest BCUT2D eigenvalue weighted by Gasteiger charge is 1.98. The lowest BCUT2D eigenvalue weighted by atomic mass is 10.3. The van der Waals surface area contributed by atoms with Crippen molar-refractivity contribution in [3.8, 4) is 0 Å². The van der Waals surface area contributed by atoms with Gasteiger partial charge in [0, 0.05) is 6.04 Å². The normalized spacial score (nSPS) is 12.3. The molecular formula is C6H14N2OS. The van der Waals surface area contributed by atoms with E-state index in [4.69, 9.17) is 12.2 Å². The largest absolute Gasteiger partial charge is 0.359 e. The van der Waals surface area contributed by atoms with Crippen LogP contribution in [0.2, 0.25) is 0 Å². The van der Waals surface area contributed by atoms with Crippen molar-refractivity contribution in [3.05, 3.63) is 0 Å². The highest BCUT2D eigenvalue weighted by Crippen LogP contribution is 1.86. The molecule has 0 aliphatic heterocycles. The van der Waals surface area contributed by atoms with E-state index in [-0.39, 0.29) is 0 Å². The first kappa shape index (κ1) is 9.65. The second-order valence-electron chi connectivity index (χ2n) is 2.09. The standard InChI is InChI=1S/C6H14N2OS/c1-4-5(2)7-6(10)8-9-3/h5H,4H2,1-3H3,(H2,7,8,10). The minimum Gasteiger partial charge on any atom is -0.359 e. The van der Waals surface area contributed by atoms with Gasteiger partial charge in [-0.3, -0.25) is 4.84 Å². The SMILES string of the molecule is CCC(C)NC(=S)NOC. The molecule has 4 heteroatoms. The number of thiocarbonyl (C=S) groups is 1. The maximum absolute atomic E-state index is 4.85. The lowest BCUT2D eigenvalue weighted by molar-refractivity contribution is 0.143. The number of nitrogens with one attached hydrogen (secondary N) is 2. The molecule has 0 bridgehead atoms. The molecule has 0 heterocycles. The zero-order chi connectivity index (χ0) is 7.98. The minimum absolute atomic E-state index is 0.398. The van der Waals surface area contributed by atoms with Gasteiger partial charge in [-0.25, -0.2) is 5.48 Å². The Hall–Kier alpha value is -0.350. The van der Waals surface area contributed by atoms with Crippen LogP contribution < -0.4 is 10.8 Å². The molecule has 10 heavy (non-hydrogen) atoms. The van der Waals surface area contributed by atoms with Crippen molar-refractivity contribution in [2.24, 2.45) is 0 Å². The van der Waals surface area contributed by atoms with E-state index < -0.39 is 0 Å². The van der Waals surface area contributed by atoms with Gasteiger partial charge < -0.3 is 5.32 Å². The maximum Gasteiger partial charge on any atom is 0.190 e. The van der Waals surface area contributed by atoms with Crippen LogP contribution in [0.3, 0.4) is 0 Å². The second kappa shape index (κ2) is 5.44. The maximum atomic E-state index is 4.85. The van der Waals surface area contributed by atoms with Gasteiger partial charge in [-0.2, -0.15) is 0 Å². The first-order valence-corrected chi connectivity index (χ1v) is 3.71. The van der Waals surface area contributed by atoms with Gasteiger partial charge in [-0.1, -0.05) is 6.92 Å². The Kier molecular flexibility index (Phi) is 5.25. The third-order valence-electron chi connectivity index (χ3n) is 1.18. The molecule has 0 saturated carbocycles. The quantitative estimate of drug-likeness (QED) is 0.475. The van der Waals surface area contributed by atoms with Gasteiger partial charge >= 0.3 is 0 Å². The zero-order valence-electron chi connectivity index (χ0n) is 6.60. The van der Waals surface area contributed by atoms with Crippen molar-refractivity contribution >= 4 is 17.3 Å². The van der Waals surface area contributed by atoms with Crippen molar-refractivity contribution < 1.29 is 4.84 Å². The number of hydrogen-bond acceptors (Lipinski definition) is 2. The predicted molar refractivity (Wildman–Crippen MR) is 45.6 cm³/mol. The van der Waals surface area contributed by atoms with E-state index in [1.165, 1.54) is 7.11 Å². The molecule has 1 atom stereocenters. The molecule has 0 aliphatic rings. The van der Waals surface area contributed by atoms with Crippen molar-refractivity contribution in [3.63, 3.8) is 0 Å². The molecule has 60 valence electrons. The highest BCUT2D eigenvalue weighted by atomic mass is 32.1. The summed E-state index contributed by atoms with van der Waals surface area (Å²) in [5.74, 6) is 0. The van der Waals surface area contributed by atoms with Crippen LogP contribution in [-0.2, 0) is 4.84 Å². The fraction of sp³-hybridized carbons (Fsp3) is 0.833. The average Bonchev–Trinajstić information content (AvgIpc) is 1.88. The fourth-order valence-corrected chi connectivity index (χ4v) is 0.733. The lowest BCUT2D eigenvalue weighted by Gasteiger charge is -2.13. The summed E-state index contributed by atoms with van der Waals surface area (Å²) >= 11 is 4.85. The second-order valence-corrected chi connectivity index (χ2v) is 2.50. The first-order chi connectivity index (χ1) is 4.70. The molecule has 0 radical (unpaired) electrons. The van der Waals surface area contributed by atoms with Gasteiger partial charge in [0.1, 0.15) is 0 Å². The third kappa shape index (κ3) is 4.52. The van der Waals surface area contributed by atoms with Crippen molar-refractivity contribution in [2.75, 3.05) is 7.11 Å². The van der Waals surface area contributed by atoms with E-state index in [0.717, 1.165) is 6.42 Å². The zero-order valence-corrected chi connectivity index (χ0v) is 7.42. The van der Waals surface area contributed by atoms with Gasteiger partial charge in [-0.05, 0) is 25.6 Å². The molecule has 0 aliphatic carbocycles. The minimum atomic E-state index is 0.398. The van der Waals surface area contributed by atoms with Gasteiger partial charge in [0.2, 0.25) is 0 Å². The summed E-state index contributed by atoms with van der Waals surface area (Å²) in [6.07, 6.45) is 1.05. The molecule has 0 saturated heterocycles. The first-order valence-electron chi connectivity index (χ1n) is 3.30. The van der Waals surface area contributed by atoms with Crippen molar-refractivity contribution in [1.29, 1.82) is 0 Å². The summed E-state index contributed by atoms with van der Waals surface area (Å²) in [5, 5.41) is 3.56. The van der Waals surface area contributed by atoms with Crippen LogP contribution in [0.1, 0.15) is 20.3 Å². The van der Waals surface area contributed by atoms with E-state index in [1.807, 2.05) is 0 Å². The number of rotatable bonds is 3. The van der Waals surface area contributed by atoms with Crippen LogP contribution in [0.4, 0.5) is 0 Å². The Morgan fingerprint density at radius 1 is 1.70 bits per heavy atom. The highest BCUT2D eigenvalue weighted by molar-refractivity contribution is 7.80. The third-order valence-corrected chi connectivity index (χ3v) is 1.39. The monoisotopic (exact) mass is 162 g/mol. The number of hydroxylamine groups is 1. The Morgan fingerprint density at radius 3 is 2.70 bits per heavy atom. The Labute approximate surface area is 67.1 Å². The van der Waals surface area contributed by atoms with Crippen LogP contribution >= 0.6 is 12.2 Å². The smallest absolute Gasteiger partial charge is 0.190 e. The van der Waals surface area contributed by atoms with Crippen LogP contribution in [0.15, 0.2) is 0 Å². The van der Waals surface area contributed by atoms with E-state index >= 15 is 0 Å². The fourth-order valence-electron chi connectivity index (χ4n) is 0.448. The van der Waals surface area contributed by atoms with Gasteiger partial charge in [0.15, 0.2) is 5.11 Å². The molecule has 2 N–H and O–H groups in total. The van der Waals surface area contributed by atoms with E-state index in [1.54, 1.807) is 0 Å². The summed E-state index contributed by atoms with van der Waals surface area (Å²) in [7, 11) is 1.53. The van der Waals surface area contributed by atoms with Crippen LogP contribution in [0.25, 0.3) is 0 Å². The Bertz CT molecular complexity index is 108. The molecule has 0 amide bonds. The number of hydrogen-bond donors (Lipinski definition) is 2. The molecular weight excluding hydrogens is 148 g/mol. The average molecular weight is 162 g/mol. The molecule has 0 rings (SSSR count). The lowest BCUT2D eigenvalue weighted by Crippen LogP contribution is -2.39. The summed E-state index contributed by atoms with van der Waals surface area (Å²) in [4.78, 5) is 4.60. The van der Waals surface area contributed by atoms with Crippen molar-refractivity contribution in [1.82, 2.24) is 10.8 Å². The summed E-state index contributed by atoms with van der Waals surface area (Å²) in [5.41, 5.74) is 2.53. The molecule has 0 fully saturated rings. The van der Waals surface area contributed by atoms with Gasteiger partial charge in [0.05, 0.1) is 7.11 Å². The van der Waals surface area contributed by atoms with E-state index in [9.17, 15) is 0 Å². The summed E-state index contributed by atoms with van der Waals surface area (Å²) in [6, 6.07) is 0.398. The van der Waals surface area contributed by atoms with E-state index in [2.05, 4.69) is 29.5 Å². The van der Waals surface area contributed by atoms with Gasteiger partial charge in [-0.15, -0.1) is 0 Å². The molecule has 0 aromatic heterocycles. The molecule has 0 spiro atoms. The molecule has 0 aromatic rings.